The molecule has 0 amide bonds. The van der Waals surface area contributed by atoms with Crippen LogP contribution in [0, 0.1) is 0 Å². The van der Waals surface area contributed by atoms with Crippen molar-refractivity contribution in [3.05, 3.63) is 0 Å². The van der Waals surface area contributed by atoms with Gasteiger partial charge in [-0.3, -0.25) is 0 Å². The van der Waals surface area contributed by atoms with E-state index < -0.39 is 0 Å². The first-order valence-electron chi connectivity index (χ1n) is 9.38. The zero-order valence-corrected chi connectivity index (χ0v) is 18.1. The number of nitrogens with zero attached hydrogens (tertiary/aromatic N) is 1. The monoisotopic (exact) mass is 370 g/mol. The maximum Gasteiger partial charge on any atom is 0.0800 e. The second-order valence-corrected chi connectivity index (χ2v) is 8.30. The highest BCUT2D eigenvalue weighted by Gasteiger charge is 2.19. The molecule has 0 aliphatic rings. The Morgan fingerprint density at radius 1 is 0.739 bits per heavy atom. The summed E-state index contributed by atoms with van der Waals surface area (Å²) >= 11 is 0. The number of halogens is 2. The van der Waals surface area contributed by atoms with Crippen molar-refractivity contribution >= 4 is 12.4 Å². The molecule has 0 spiro atoms. The third kappa shape index (κ3) is 22.5. The van der Waals surface area contributed by atoms with Gasteiger partial charge in [0.25, 0.3) is 0 Å². The molecule has 144 valence electrons. The smallest absolute Gasteiger partial charge is 0.0800 e. The molecular formula is C19H44Cl2N2. The van der Waals surface area contributed by atoms with Crippen LogP contribution >= 0.6 is 12.4 Å². The van der Waals surface area contributed by atoms with Crippen LogP contribution < -0.4 is 18.1 Å². The maximum absolute atomic E-state index is 6.09. The summed E-state index contributed by atoms with van der Waals surface area (Å²) < 4.78 is 1.12. The molecule has 0 aromatic rings. The lowest BCUT2D eigenvalue weighted by atomic mass is 10.0. The molecule has 2 N–H and O–H groups in total. The first-order valence-corrected chi connectivity index (χ1v) is 9.38. The van der Waals surface area contributed by atoms with Gasteiger partial charge in [0.15, 0.2) is 0 Å². The average Bonchev–Trinajstić information content (AvgIpc) is 2.38. The van der Waals surface area contributed by atoms with E-state index in [2.05, 4.69) is 34.9 Å². The number of rotatable bonds is 14. The van der Waals surface area contributed by atoms with Crippen molar-refractivity contribution in [3.8, 4) is 0 Å². The quantitative estimate of drug-likeness (QED) is 0.369. The van der Waals surface area contributed by atoms with Crippen LogP contribution in [-0.4, -0.2) is 37.2 Å². The standard InChI is InChI=1S/C19H43N2.2ClH/c1-6-7-8-9-10-11-12-13-14-15-17-21(4,5)18-16-19(2,3)20;;/h6-18,20H2,1-5H3;2*1H/q+1;;/p-1. The number of quaternary nitrogens is 1. The number of hydrogen-bond acceptors (Lipinski definition) is 1. The van der Waals surface area contributed by atoms with Crippen LogP contribution in [0.3, 0.4) is 0 Å². The van der Waals surface area contributed by atoms with E-state index in [-0.39, 0.29) is 30.4 Å². The molecule has 0 unspecified atom stereocenters. The fourth-order valence-corrected chi connectivity index (χ4v) is 2.73. The topological polar surface area (TPSA) is 26.0 Å². The predicted octanol–water partition coefficient (Wildman–Crippen LogP) is 2.54. The van der Waals surface area contributed by atoms with Crippen LogP contribution in [0.2, 0.25) is 0 Å². The van der Waals surface area contributed by atoms with Gasteiger partial charge in [0.1, 0.15) is 0 Å². The molecule has 2 nitrogen and oxygen atoms in total. The Balaban J connectivity index is -0.00000200. The second kappa shape index (κ2) is 16.0. The zero-order valence-electron chi connectivity index (χ0n) is 16.5. The first kappa shape index (κ1) is 28.3. The molecular weight excluding hydrogens is 327 g/mol. The predicted molar refractivity (Wildman–Crippen MR) is 104 cm³/mol. The summed E-state index contributed by atoms with van der Waals surface area (Å²) in [7, 11) is 4.69. The molecule has 0 aliphatic heterocycles. The van der Waals surface area contributed by atoms with Gasteiger partial charge in [-0.05, 0) is 26.7 Å². The molecule has 0 aromatic heterocycles. The Kier molecular flexibility index (Phi) is 19.7. The van der Waals surface area contributed by atoms with Gasteiger partial charge in [0, 0.05) is 12.0 Å². The minimum Gasteiger partial charge on any atom is -1.00 e. The van der Waals surface area contributed by atoms with E-state index in [0.29, 0.717) is 0 Å². The van der Waals surface area contributed by atoms with Gasteiger partial charge in [-0.25, -0.2) is 0 Å². The molecule has 0 saturated carbocycles. The average molecular weight is 371 g/mol. The van der Waals surface area contributed by atoms with Crippen LogP contribution in [0.15, 0.2) is 0 Å². The molecule has 23 heavy (non-hydrogen) atoms. The van der Waals surface area contributed by atoms with Crippen molar-refractivity contribution < 1.29 is 16.9 Å². The van der Waals surface area contributed by atoms with Gasteiger partial charge < -0.3 is 22.6 Å². The molecule has 0 saturated heterocycles. The Bertz CT molecular complexity index is 238. The Hall–Kier alpha value is 0.500. The van der Waals surface area contributed by atoms with Gasteiger partial charge in [-0.15, -0.1) is 12.4 Å². The lowest BCUT2D eigenvalue weighted by Crippen LogP contribution is -3.00. The number of nitrogens with two attached hydrogens (primary N) is 1. The molecule has 0 aromatic carbocycles. The third-order valence-corrected chi connectivity index (χ3v) is 4.48. The van der Waals surface area contributed by atoms with Crippen molar-refractivity contribution in [2.45, 2.75) is 96.9 Å². The molecule has 0 rings (SSSR count). The molecule has 0 heterocycles. The third-order valence-electron chi connectivity index (χ3n) is 4.48. The summed E-state index contributed by atoms with van der Waals surface area (Å²) in [6.07, 6.45) is 15.3. The number of unbranched alkanes of at least 4 members (excludes halogenated alkanes) is 9. The van der Waals surface area contributed by atoms with E-state index in [1.165, 1.54) is 77.3 Å². The molecule has 4 heteroatoms. The lowest BCUT2D eigenvalue weighted by Gasteiger charge is -2.32. The van der Waals surface area contributed by atoms with E-state index in [4.69, 9.17) is 5.73 Å². The van der Waals surface area contributed by atoms with Crippen molar-refractivity contribution in [2.24, 2.45) is 5.73 Å². The first-order chi connectivity index (χ1) is 9.77. The van der Waals surface area contributed by atoms with Crippen LogP contribution in [-0.2, 0) is 0 Å². The highest BCUT2D eigenvalue weighted by atomic mass is 35.5. The summed E-state index contributed by atoms with van der Waals surface area (Å²) in [4.78, 5) is 0. The molecule has 0 bridgehead atoms. The van der Waals surface area contributed by atoms with Crippen LogP contribution in [0.25, 0.3) is 0 Å². The summed E-state index contributed by atoms with van der Waals surface area (Å²) in [5.74, 6) is 0. The SMILES string of the molecule is CCCCCCCCCCCC[N+](C)(C)CCC(C)(C)N.Cl.[Cl-]. The van der Waals surface area contributed by atoms with Gasteiger partial charge in [-0.1, -0.05) is 58.3 Å². The van der Waals surface area contributed by atoms with Crippen molar-refractivity contribution in [2.75, 3.05) is 27.2 Å². The fourth-order valence-electron chi connectivity index (χ4n) is 2.73. The van der Waals surface area contributed by atoms with Gasteiger partial charge in [-0.2, -0.15) is 0 Å². The summed E-state index contributed by atoms with van der Waals surface area (Å²) in [6, 6.07) is 0. The molecule has 0 radical (unpaired) electrons. The van der Waals surface area contributed by atoms with Crippen molar-refractivity contribution in [1.82, 2.24) is 0 Å². The summed E-state index contributed by atoms with van der Waals surface area (Å²) in [6.45, 7) is 9.04. The van der Waals surface area contributed by atoms with Gasteiger partial charge in [0.05, 0.1) is 27.2 Å². The van der Waals surface area contributed by atoms with Crippen LogP contribution in [0.1, 0.15) is 91.4 Å². The van der Waals surface area contributed by atoms with Crippen molar-refractivity contribution in [3.63, 3.8) is 0 Å². The summed E-state index contributed by atoms with van der Waals surface area (Å²) in [5, 5.41) is 0. The number of hydrogen-bond donors (Lipinski definition) is 1. The Morgan fingerprint density at radius 2 is 1.13 bits per heavy atom. The normalized spacial score (nSPS) is 11.7. The van der Waals surface area contributed by atoms with Gasteiger partial charge >= 0.3 is 0 Å². The van der Waals surface area contributed by atoms with Crippen LogP contribution in [0.4, 0.5) is 0 Å². The molecule has 0 atom stereocenters. The fraction of sp³-hybridized carbons (Fsp3) is 1.00. The summed E-state index contributed by atoms with van der Waals surface area (Å²) in [5.41, 5.74) is 6.07. The van der Waals surface area contributed by atoms with Crippen molar-refractivity contribution in [1.29, 1.82) is 0 Å². The Labute approximate surface area is 159 Å². The van der Waals surface area contributed by atoms with E-state index in [9.17, 15) is 0 Å². The molecule has 0 aliphatic carbocycles. The van der Waals surface area contributed by atoms with Crippen LogP contribution in [0.5, 0.6) is 0 Å². The van der Waals surface area contributed by atoms with E-state index in [1.807, 2.05) is 0 Å². The van der Waals surface area contributed by atoms with E-state index in [1.54, 1.807) is 0 Å². The largest absolute Gasteiger partial charge is 1.00 e. The Morgan fingerprint density at radius 3 is 1.52 bits per heavy atom. The highest BCUT2D eigenvalue weighted by Crippen LogP contribution is 2.13. The van der Waals surface area contributed by atoms with E-state index in [0.717, 1.165) is 10.9 Å². The van der Waals surface area contributed by atoms with E-state index >= 15 is 0 Å². The minimum absolute atomic E-state index is 0. The highest BCUT2D eigenvalue weighted by molar-refractivity contribution is 5.85. The maximum atomic E-state index is 6.09. The van der Waals surface area contributed by atoms with Gasteiger partial charge in [0.2, 0.25) is 0 Å². The zero-order chi connectivity index (χ0) is 16.2. The second-order valence-electron chi connectivity index (χ2n) is 8.30. The minimum atomic E-state index is -0.0205. The lowest BCUT2D eigenvalue weighted by molar-refractivity contribution is -0.891. The molecule has 0 fully saturated rings.